The van der Waals surface area contributed by atoms with E-state index in [0.29, 0.717) is 35.8 Å². The van der Waals surface area contributed by atoms with Gasteiger partial charge in [-0.25, -0.2) is 9.78 Å². The lowest BCUT2D eigenvalue weighted by molar-refractivity contribution is 0.0469. The Morgan fingerprint density at radius 1 is 0.963 bits per heavy atom. The molecule has 6 heteroatoms. The van der Waals surface area contributed by atoms with E-state index in [2.05, 4.69) is 4.98 Å². The van der Waals surface area contributed by atoms with Gasteiger partial charge in [-0.2, -0.15) is 0 Å². The van der Waals surface area contributed by atoms with E-state index in [9.17, 15) is 9.59 Å². The Kier molecular flexibility index (Phi) is 4.70. The maximum Gasteiger partial charge on any atom is 0.357 e. The van der Waals surface area contributed by atoms with Crippen LogP contribution >= 0.6 is 0 Å². The Hall–Kier alpha value is -3.41. The molecule has 1 aromatic heterocycles. The van der Waals surface area contributed by atoms with Crippen LogP contribution in [0.3, 0.4) is 0 Å². The number of hydrogen-bond acceptors (Lipinski definition) is 6. The highest BCUT2D eigenvalue weighted by molar-refractivity contribution is 5.99. The highest BCUT2D eigenvalue weighted by atomic mass is 16.5. The monoisotopic (exact) mass is 363 g/mol. The lowest BCUT2D eigenvalue weighted by Crippen LogP contribution is -2.15. The van der Waals surface area contributed by atoms with Crippen LogP contribution in [0.4, 0.5) is 0 Å². The number of pyridine rings is 1. The Morgan fingerprint density at radius 2 is 1.78 bits per heavy atom. The molecule has 4 rings (SSSR count). The molecule has 2 aromatic carbocycles. The van der Waals surface area contributed by atoms with E-state index in [1.54, 1.807) is 30.3 Å². The standard InChI is InChI=1S/C21H17NO5/c23-18(15-7-9-19-20(12-15)26-11-3-10-25-19)13-27-21(24)17-8-6-14-4-1-2-5-16(14)22-17/h1-2,4-9,12H,3,10-11,13H2. The van der Waals surface area contributed by atoms with E-state index >= 15 is 0 Å². The Balaban J connectivity index is 1.43. The van der Waals surface area contributed by atoms with Crippen LogP contribution in [0.5, 0.6) is 11.5 Å². The predicted molar refractivity (Wildman–Crippen MR) is 98.4 cm³/mol. The van der Waals surface area contributed by atoms with E-state index < -0.39 is 5.97 Å². The second-order valence-electron chi connectivity index (χ2n) is 6.10. The van der Waals surface area contributed by atoms with Crippen LogP contribution in [-0.2, 0) is 4.74 Å². The van der Waals surface area contributed by atoms with Crippen LogP contribution in [0.1, 0.15) is 27.3 Å². The Morgan fingerprint density at radius 3 is 2.67 bits per heavy atom. The number of rotatable bonds is 4. The van der Waals surface area contributed by atoms with E-state index in [4.69, 9.17) is 14.2 Å². The van der Waals surface area contributed by atoms with Crippen molar-refractivity contribution in [1.82, 2.24) is 4.98 Å². The highest BCUT2D eigenvalue weighted by Crippen LogP contribution is 2.30. The van der Waals surface area contributed by atoms with E-state index in [0.717, 1.165) is 11.8 Å². The van der Waals surface area contributed by atoms with Crippen LogP contribution in [0.2, 0.25) is 0 Å². The molecule has 27 heavy (non-hydrogen) atoms. The van der Waals surface area contributed by atoms with Crippen LogP contribution in [0.15, 0.2) is 54.6 Å². The number of carbonyl (C=O) groups excluding carboxylic acids is 2. The van der Waals surface area contributed by atoms with Crippen molar-refractivity contribution in [2.75, 3.05) is 19.8 Å². The highest BCUT2D eigenvalue weighted by Gasteiger charge is 2.17. The molecule has 0 radical (unpaired) electrons. The van der Waals surface area contributed by atoms with Gasteiger partial charge in [0.2, 0.25) is 0 Å². The molecule has 0 bridgehead atoms. The van der Waals surface area contributed by atoms with Crippen molar-refractivity contribution in [1.29, 1.82) is 0 Å². The van der Waals surface area contributed by atoms with E-state index in [1.165, 1.54) is 0 Å². The first-order valence-corrected chi connectivity index (χ1v) is 8.66. The summed E-state index contributed by atoms with van der Waals surface area (Å²) in [6.07, 6.45) is 0.786. The van der Waals surface area contributed by atoms with Gasteiger partial charge in [0.15, 0.2) is 23.9 Å². The van der Waals surface area contributed by atoms with Gasteiger partial charge in [0.1, 0.15) is 5.69 Å². The number of fused-ring (bicyclic) bond motifs is 2. The maximum atomic E-state index is 12.4. The second kappa shape index (κ2) is 7.45. The van der Waals surface area contributed by atoms with Gasteiger partial charge in [-0.15, -0.1) is 0 Å². The topological polar surface area (TPSA) is 74.7 Å². The largest absolute Gasteiger partial charge is 0.490 e. The third-order valence-electron chi connectivity index (χ3n) is 4.21. The predicted octanol–water partition coefficient (Wildman–Crippen LogP) is 3.44. The number of ketones is 1. The van der Waals surface area contributed by atoms with Gasteiger partial charge >= 0.3 is 5.97 Å². The molecule has 136 valence electrons. The van der Waals surface area contributed by atoms with Crippen LogP contribution in [0.25, 0.3) is 10.9 Å². The molecule has 0 amide bonds. The zero-order valence-electron chi connectivity index (χ0n) is 14.5. The normalized spacial score (nSPS) is 13.0. The van der Waals surface area contributed by atoms with Gasteiger partial charge in [-0.05, 0) is 30.3 Å². The summed E-state index contributed by atoms with van der Waals surface area (Å²) in [5, 5.41) is 0.928. The summed E-state index contributed by atoms with van der Waals surface area (Å²) >= 11 is 0. The van der Waals surface area contributed by atoms with Gasteiger partial charge in [0.05, 0.1) is 18.7 Å². The van der Waals surface area contributed by atoms with Crippen LogP contribution in [-0.4, -0.2) is 36.6 Å². The zero-order chi connectivity index (χ0) is 18.6. The number of para-hydroxylation sites is 1. The summed E-state index contributed by atoms with van der Waals surface area (Å²) in [7, 11) is 0. The lowest BCUT2D eigenvalue weighted by atomic mass is 10.1. The number of carbonyl (C=O) groups is 2. The minimum atomic E-state index is -0.636. The number of nitrogens with zero attached hydrogens (tertiary/aromatic N) is 1. The first-order chi connectivity index (χ1) is 13.2. The molecule has 0 saturated heterocycles. The molecule has 3 aromatic rings. The van der Waals surface area contributed by atoms with Crippen molar-refractivity contribution in [2.24, 2.45) is 0 Å². The van der Waals surface area contributed by atoms with Gasteiger partial charge < -0.3 is 14.2 Å². The van der Waals surface area contributed by atoms with Crippen LogP contribution < -0.4 is 9.47 Å². The Labute approximate surface area is 155 Å². The number of Topliss-reactive ketones (excluding diaryl/α,β-unsaturated/α-hetero) is 1. The average Bonchev–Trinajstić information content (AvgIpc) is 2.96. The molecule has 0 N–H and O–H groups in total. The molecule has 0 aliphatic carbocycles. The van der Waals surface area contributed by atoms with Gasteiger partial charge in [-0.1, -0.05) is 24.3 Å². The van der Waals surface area contributed by atoms with E-state index in [-0.39, 0.29) is 18.1 Å². The number of hydrogen-bond donors (Lipinski definition) is 0. The first kappa shape index (κ1) is 17.0. The van der Waals surface area contributed by atoms with Crippen molar-refractivity contribution >= 4 is 22.7 Å². The van der Waals surface area contributed by atoms with Crippen molar-refractivity contribution in [2.45, 2.75) is 6.42 Å². The first-order valence-electron chi connectivity index (χ1n) is 8.66. The lowest BCUT2D eigenvalue weighted by Gasteiger charge is -2.09. The quantitative estimate of drug-likeness (QED) is 0.522. The summed E-state index contributed by atoms with van der Waals surface area (Å²) in [5.41, 5.74) is 1.26. The van der Waals surface area contributed by atoms with Crippen molar-refractivity contribution in [3.05, 3.63) is 65.9 Å². The van der Waals surface area contributed by atoms with E-state index in [1.807, 2.05) is 24.3 Å². The molecule has 0 spiro atoms. The summed E-state index contributed by atoms with van der Waals surface area (Å²) in [6, 6.07) is 15.8. The zero-order valence-corrected chi connectivity index (χ0v) is 14.5. The molecule has 2 heterocycles. The summed E-state index contributed by atoms with van der Waals surface area (Å²) in [5.74, 6) is 0.186. The van der Waals surface area contributed by atoms with Crippen molar-refractivity contribution < 1.29 is 23.8 Å². The van der Waals surface area contributed by atoms with Crippen molar-refractivity contribution in [3.8, 4) is 11.5 Å². The minimum absolute atomic E-state index is 0.167. The molecule has 1 aliphatic heterocycles. The molecular weight excluding hydrogens is 346 g/mol. The smallest absolute Gasteiger partial charge is 0.357 e. The Bertz CT molecular complexity index is 1010. The molecule has 0 saturated carbocycles. The van der Waals surface area contributed by atoms with Gasteiger partial charge in [0.25, 0.3) is 0 Å². The summed E-state index contributed by atoms with van der Waals surface area (Å²) in [4.78, 5) is 28.9. The molecule has 0 unspecified atom stereocenters. The fourth-order valence-corrected chi connectivity index (χ4v) is 2.80. The number of benzene rings is 2. The summed E-state index contributed by atoms with van der Waals surface area (Å²) < 4.78 is 16.3. The third kappa shape index (κ3) is 3.74. The summed E-state index contributed by atoms with van der Waals surface area (Å²) in [6.45, 7) is 0.747. The maximum absolute atomic E-state index is 12.4. The number of esters is 1. The third-order valence-corrected chi connectivity index (χ3v) is 4.21. The molecular formula is C21H17NO5. The second-order valence-corrected chi connectivity index (χ2v) is 6.10. The minimum Gasteiger partial charge on any atom is -0.490 e. The fraction of sp³-hybridized carbons (Fsp3) is 0.190. The van der Waals surface area contributed by atoms with Crippen LogP contribution in [0, 0.1) is 0 Å². The van der Waals surface area contributed by atoms with Crippen molar-refractivity contribution in [3.63, 3.8) is 0 Å². The molecule has 1 aliphatic rings. The number of aromatic nitrogens is 1. The fourth-order valence-electron chi connectivity index (χ4n) is 2.80. The molecule has 0 fully saturated rings. The number of ether oxygens (including phenoxy) is 3. The van der Waals surface area contributed by atoms with Gasteiger partial charge in [0, 0.05) is 17.4 Å². The molecule has 0 atom stereocenters. The SMILES string of the molecule is O=C(COC(=O)c1ccc2ccccc2n1)c1ccc2c(c1)OCCCO2. The van der Waals surface area contributed by atoms with Gasteiger partial charge in [-0.3, -0.25) is 4.79 Å². The molecule has 6 nitrogen and oxygen atoms in total. The average molecular weight is 363 g/mol.